The second-order valence-electron chi connectivity index (χ2n) is 5.65. The fourth-order valence-electron chi connectivity index (χ4n) is 2.67. The Kier molecular flexibility index (Phi) is 3.73. The Morgan fingerprint density at radius 2 is 2.19 bits per heavy atom. The molecule has 1 unspecified atom stereocenters. The Balaban J connectivity index is 2.00. The quantitative estimate of drug-likeness (QED) is 0.923. The molecule has 21 heavy (non-hydrogen) atoms. The molecule has 110 valence electrons. The summed E-state index contributed by atoms with van der Waals surface area (Å²) in [6.07, 6.45) is 0.804. The minimum atomic E-state index is -0.0451. The zero-order valence-electron chi connectivity index (χ0n) is 12.1. The molecule has 5 nitrogen and oxygen atoms in total. The molecule has 0 saturated carbocycles. The number of hydrogen-bond donors (Lipinski definition) is 1. The number of aromatic nitrogens is 2. The molecular weight excluding hydrogens is 284 g/mol. The molecule has 0 fully saturated rings. The van der Waals surface area contributed by atoms with Gasteiger partial charge in [-0.25, -0.2) is 0 Å². The number of rotatable bonds is 2. The molecule has 2 N–H and O–H groups in total. The lowest BCUT2D eigenvalue weighted by atomic mass is 9.98. The van der Waals surface area contributed by atoms with Crippen LogP contribution in [-0.2, 0) is 6.42 Å². The Bertz CT molecular complexity index is 667. The number of anilines is 1. The van der Waals surface area contributed by atoms with Gasteiger partial charge in [0.1, 0.15) is 4.88 Å². The maximum atomic E-state index is 12.9. The van der Waals surface area contributed by atoms with Crippen molar-refractivity contribution in [2.24, 2.45) is 5.73 Å². The first-order chi connectivity index (χ1) is 10.1. The van der Waals surface area contributed by atoms with Gasteiger partial charge in [-0.3, -0.25) is 4.79 Å². The molecule has 0 radical (unpaired) electrons. The molecule has 3 rings (SSSR count). The molecule has 6 heteroatoms. The van der Waals surface area contributed by atoms with E-state index in [0.717, 1.165) is 34.9 Å². The Morgan fingerprint density at radius 1 is 1.43 bits per heavy atom. The van der Waals surface area contributed by atoms with E-state index < -0.39 is 0 Å². The Hall–Kier alpha value is -1.79. The van der Waals surface area contributed by atoms with E-state index in [-0.39, 0.29) is 17.9 Å². The minimum Gasteiger partial charge on any atom is -0.326 e. The third-order valence-electron chi connectivity index (χ3n) is 3.68. The predicted molar refractivity (Wildman–Crippen MR) is 83.8 cm³/mol. The molecule has 0 saturated heterocycles. The summed E-state index contributed by atoms with van der Waals surface area (Å²) in [6.45, 7) is 4.57. The first kappa shape index (κ1) is 14.2. The summed E-state index contributed by atoms with van der Waals surface area (Å²) in [5.74, 6) is 0.132. The second kappa shape index (κ2) is 5.54. The fraction of sp³-hybridized carbons (Fsp3) is 0.400. The van der Waals surface area contributed by atoms with Crippen molar-refractivity contribution in [2.75, 3.05) is 11.4 Å². The van der Waals surface area contributed by atoms with Crippen LogP contribution >= 0.6 is 11.5 Å². The Labute approximate surface area is 127 Å². The van der Waals surface area contributed by atoms with Gasteiger partial charge in [0.25, 0.3) is 5.91 Å². The number of carbonyl (C=O) groups excluding carboxylic acids is 1. The SMILES string of the molecule is CC(C)c1nnsc1C(=O)N1CC(N)Cc2ccccc21. The first-order valence-corrected chi connectivity index (χ1v) is 7.83. The molecule has 0 spiro atoms. The van der Waals surface area contributed by atoms with Crippen LogP contribution in [0.3, 0.4) is 0 Å². The largest absolute Gasteiger partial charge is 0.326 e. The number of para-hydroxylation sites is 1. The van der Waals surface area contributed by atoms with Gasteiger partial charge >= 0.3 is 0 Å². The number of nitrogens with two attached hydrogens (primary N) is 1. The molecule has 0 aliphatic carbocycles. The molecule has 1 aromatic heterocycles. The predicted octanol–water partition coefficient (Wildman–Crippen LogP) is 2.19. The van der Waals surface area contributed by atoms with E-state index in [0.29, 0.717) is 11.4 Å². The average molecular weight is 302 g/mol. The van der Waals surface area contributed by atoms with Gasteiger partial charge in [-0.1, -0.05) is 36.5 Å². The molecular formula is C15H18N4OS. The zero-order chi connectivity index (χ0) is 15.0. The van der Waals surface area contributed by atoms with E-state index >= 15 is 0 Å². The maximum Gasteiger partial charge on any atom is 0.272 e. The summed E-state index contributed by atoms with van der Waals surface area (Å²) in [5.41, 5.74) is 8.94. The van der Waals surface area contributed by atoms with E-state index in [2.05, 4.69) is 9.59 Å². The summed E-state index contributed by atoms with van der Waals surface area (Å²) < 4.78 is 3.95. The monoisotopic (exact) mass is 302 g/mol. The molecule has 2 aromatic rings. The molecule has 1 aliphatic rings. The smallest absolute Gasteiger partial charge is 0.272 e. The molecule has 1 aliphatic heterocycles. The van der Waals surface area contributed by atoms with Crippen molar-refractivity contribution >= 4 is 23.1 Å². The van der Waals surface area contributed by atoms with Gasteiger partial charge in [-0.2, -0.15) is 0 Å². The normalized spacial score (nSPS) is 17.9. The lowest BCUT2D eigenvalue weighted by molar-refractivity contribution is 0.0986. The van der Waals surface area contributed by atoms with Crippen molar-refractivity contribution in [1.82, 2.24) is 9.59 Å². The van der Waals surface area contributed by atoms with Crippen molar-refractivity contribution < 1.29 is 4.79 Å². The van der Waals surface area contributed by atoms with Gasteiger partial charge in [0.05, 0.1) is 5.69 Å². The number of benzene rings is 1. The number of amides is 1. The summed E-state index contributed by atoms with van der Waals surface area (Å²) in [4.78, 5) is 15.3. The van der Waals surface area contributed by atoms with E-state index in [1.54, 1.807) is 4.90 Å². The summed E-state index contributed by atoms with van der Waals surface area (Å²) in [6, 6.07) is 7.90. The zero-order valence-corrected chi connectivity index (χ0v) is 12.9. The third kappa shape index (κ3) is 2.56. The van der Waals surface area contributed by atoms with Gasteiger partial charge in [-0.05, 0) is 35.5 Å². The highest BCUT2D eigenvalue weighted by Crippen LogP contribution is 2.30. The topological polar surface area (TPSA) is 72.1 Å². The van der Waals surface area contributed by atoms with Gasteiger partial charge in [0.2, 0.25) is 0 Å². The lowest BCUT2D eigenvalue weighted by Crippen LogP contribution is -2.46. The molecule has 1 aromatic carbocycles. The number of fused-ring (bicyclic) bond motifs is 1. The molecule has 0 bridgehead atoms. The third-order valence-corrected chi connectivity index (χ3v) is 4.41. The number of carbonyl (C=O) groups is 1. The molecule has 1 atom stereocenters. The first-order valence-electron chi connectivity index (χ1n) is 7.05. The van der Waals surface area contributed by atoms with Crippen molar-refractivity contribution in [1.29, 1.82) is 0 Å². The second-order valence-corrected chi connectivity index (χ2v) is 6.40. The van der Waals surface area contributed by atoms with Crippen LogP contribution in [0.4, 0.5) is 5.69 Å². The van der Waals surface area contributed by atoms with E-state index in [1.807, 2.05) is 38.1 Å². The number of nitrogens with zero attached hydrogens (tertiary/aromatic N) is 3. The van der Waals surface area contributed by atoms with Crippen LogP contribution < -0.4 is 10.6 Å². The lowest BCUT2D eigenvalue weighted by Gasteiger charge is -2.32. The maximum absolute atomic E-state index is 12.9. The van der Waals surface area contributed by atoms with Crippen LogP contribution in [0.1, 0.15) is 40.7 Å². The Morgan fingerprint density at radius 3 is 2.95 bits per heavy atom. The summed E-state index contributed by atoms with van der Waals surface area (Å²) >= 11 is 1.16. The number of hydrogen-bond acceptors (Lipinski definition) is 5. The van der Waals surface area contributed by atoms with E-state index in [1.165, 1.54) is 0 Å². The highest BCUT2D eigenvalue weighted by Gasteiger charge is 2.30. The van der Waals surface area contributed by atoms with Gasteiger partial charge in [-0.15, -0.1) is 5.10 Å². The van der Waals surface area contributed by atoms with Crippen molar-refractivity contribution in [3.63, 3.8) is 0 Å². The van der Waals surface area contributed by atoms with Crippen LogP contribution in [0.25, 0.3) is 0 Å². The summed E-state index contributed by atoms with van der Waals surface area (Å²) in [7, 11) is 0. The molecule has 1 amide bonds. The van der Waals surface area contributed by atoms with Crippen molar-refractivity contribution in [3.05, 3.63) is 40.4 Å². The van der Waals surface area contributed by atoms with Gasteiger partial charge in [0.15, 0.2) is 0 Å². The molecule has 2 heterocycles. The van der Waals surface area contributed by atoms with Gasteiger partial charge < -0.3 is 10.6 Å². The van der Waals surface area contributed by atoms with Gasteiger partial charge in [0, 0.05) is 18.3 Å². The van der Waals surface area contributed by atoms with Crippen molar-refractivity contribution in [2.45, 2.75) is 32.2 Å². The van der Waals surface area contributed by atoms with Crippen LogP contribution in [0.15, 0.2) is 24.3 Å². The van der Waals surface area contributed by atoms with Crippen LogP contribution in [0.2, 0.25) is 0 Å². The van der Waals surface area contributed by atoms with Crippen LogP contribution in [0, 0.1) is 0 Å². The minimum absolute atomic E-state index is 0.0350. The summed E-state index contributed by atoms with van der Waals surface area (Å²) in [5, 5.41) is 4.10. The van der Waals surface area contributed by atoms with Crippen LogP contribution in [0.5, 0.6) is 0 Å². The van der Waals surface area contributed by atoms with Crippen molar-refractivity contribution in [3.8, 4) is 0 Å². The van der Waals surface area contributed by atoms with E-state index in [9.17, 15) is 4.79 Å². The van der Waals surface area contributed by atoms with E-state index in [4.69, 9.17) is 5.73 Å². The highest BCUT2D eigenvalue weighted by atomic mass is 32.1. The standard InChI is InChI=1S/C15H18N4OS/c1-9(2)13-14(21-18-17-13)15(20)19-8-11(16)7-10-5-3-4-6-12(10)19/h3-6,9,11H,7-8,16H2,1-2H3. The fourth-order valence-corrected chi connectivity index (χ4v) is 3.43. The highest BCUT2D eigenvalue weighted by molar-refractivity contribution is 7.08. The van der Waals surface area contributed by atoms with Crippen LogP contribution in [-0.4, -0.2) is 28.1 Å². The average Bonchev–Trinajstić information content (AvgIpc) is 2.95.